The van der Waals surface area contributed by atoms with Crippen LogP contribution in [0.25, 0.3) is 0 Å². The molecule has 29 heavy (non-hydrogen) atoms. The average molecular weight is 605 g/mol. The van der Waals surface area contributed by atoms with Gasteiger partial charge in [-0.1, -0.05) is 36.0 Å². The van der Waals surface area contributed by atoms with Crippen LogP contribution >= 0.6 is 7.26 Å². The van der Waals surface area contributed by atoms with Crippen molar-refractivity contribution in [2.45, 2.75) is 33.4 Å². The molecule has 0 saturated carbocycles. The first-order chi connectivity index (χ1) is 13.3. The second-order valence-corrected chi connectivity index (χ2v) is 11.5. The van der Waals surface area contributed by atoms with Gasteiger partial charge >= 0.3 is 34.4 Å². The summed E-state index contributed by atoms with van der Waals surface area (Å²) < 4.78 is 4.83. The van der Waals surface area contributed by atoms with Crippen LogP contribution in [0, 0.1) is 6.20 Å². The van der Waals surface area contributed by atoms with Crippen LogP contribution in [0.3, 0.4) is 0 Å². The van der Waals surface area contributed by atoms with E-state index in [1.54, 1.807) is 30.3 Å². The number of H-pyrrole nitrogens is 1. The predicted molar refractivity (Wildman–Crippen MR) is 110 cm³/mol. The van der Waals surface area contributed by atoms with E-state index in [0.29, 0.717) is 11.3 Å². The Balaban J connectivity index is 0.000000747. The fourth-order valence-electron chi connectivity index (χ4n) is 2.16. The number of benzene rings is 1. The number of nitrogens with one attached hydrogen (secondary N) is 2. The molecule has 1 aromatic carbocycles. The molecule has 0 spiro atoms. The van der Waals surface area contributed by atoms with Crippen LogP contribution in [0.1, 0.15) is 38.1 Å². The molecule has 8 nitrogen and oxygen atoms in total. The number of carboxylic acids is 1. The molecule has 0 aliphatic rings. The van der Waals surface area contributed by atoms with Crippen molar-refractivity contribution >= 4 is 19.3 Å². The molecule has 1 heterocycles. The predicted octanol–water partition coefficient (Wildman–Crippen LogP) is 3.35. The van der Waals surface area contributed by atoms with Gasteiger partial charge in [-0.25, -0.2) is 9.59 Å². The van der Waals surface area contributed by atoms with Gasteiger partial charge in [0.05, 0.1) is 18.5 Å². The number of amides is 1. The Morgan fingerprint density at radius 2 is 1.79 bits per heavy atom. The van der Waals surface area contributed by atoms with Crippen molar-refractivity contribution in [2.75, 3.05) is 25.2 Å². The van der Waals surface area contributed by atoms with Crippen LogP contribution in [0.15, 0.2) is 30.3 Å². The van der Waals surface area contributed by atoms with Crippen LogP contribution in [-0.4, -0.2) is 57.7 Å². The molecule has 0 bridgehead atoms. The van der Waals surface area contributed by atoms with Crippen molar-refractivity contribution in [3.05, 3.63) is 47.8 Å². The van der Waals surface area contributed by atoms with Crippen molar-refractivity contribution in [1.82, 2.24) is 20.7 Å². The summed E-state index contributed by atoms with van der Waals surface area (Å²) in [7, 11) is -0.412. The van der Waals surface area contributed by atoms with E-state index in [1.807, 2.05) is 0 Å². The molecule has 1 unspecified atom stereocenters. The third kappa shape index (κ3) is 10.0. The molecule has 0 saturated heterocycles. The standard InChI is InChI=1S/C12H11N4O4.C7H18P.Au/c17-11(18)10(8-4-2-1-3-5-8)14-12(19)20-7-9-6-13-16-15-9;1-5-8(4,6-2)7-3;/h1-5,10H,7H2,(H,14,19)(H,17,18)(H,13,15,16);5-7H2,1-4H3;/q-1;2*+1. The molecule has 0 aliphatic carbocycles. The van der Waals surface area contributed by atoms with Gasteiger partial charge in [0, 0.05) is 13.9 Å². The normalized spacial score (nSPS) is 11.3. The number of carbonyl (C=O) groups excluding carboxylic acids is 1. The molecule has 1 aromatic heterocycles. The molecule has 10 heteroatoms. The molecular formula is C19H29AuN4O4P+. The Morgan fingerprint density at radius 1 is 1.21 bits per heavy atom. The SMILES string of the molecule is CC[P+](C)(CC)CC.O=C(NC(C(=O)O)c1ccccc1)OCc1[c-]nn[nH]1.[Au+]. The molecular weight excluding hydrogens is 576 g/mol. The average Bonchev–Trinajstić information content (AvgIpc) is 3.24. The van der Waals surface area contributed by atoms with E-state index in [4.69, 9.17) is 9.84 Å². The molecule has 3 N–H and O–H groups in total. The zero-order chi connectivity index (χ0) is 21.0. The van der Waals surface area contributed by atoms with Gasteiger partial charge in [0.1, 0.15) is 6.61 Å². The Labute approximate surface area is 188 Å². The number of nitrogens with zero attached hydrogens (tertiary/aromatic N) is 2. The van der Waals surface area contributed by atoms with Gasteiger partial charge in [-0.3, -0.25) is 5.10 Å². The Kier molecular flexibility index (Phi) is 13.4. The number of hydrogen-bond acceptors (Lipinski definition) is 5. The topological polar surface area (TPSA) is 117 Å². The van der Waals surface area contributed by atoms with Gasteiger partial charge in [0.25, 0.3) is 0 Å². The molecule has 2 rings (SSSR count). The molecule has 2 aromatic rings. The van der Waals surface area contributed by atoms with Gasteiger partial charge in [0.2, 0.25) is 0 Å². The van der Waals surface area contributed by atoms with E-state index in [0.717, 1.165) is 0 Å². The minimum Gasteiger partial charge on any atom is -0.479 e. The number of carbonyl (C=O) groups is 2. The van der Waals surface area contributed by atoms with Crippen molar-refractivity contribution < 1.29 is 41.8 Å². The third-order valence-electron chi connectivity index (χ3n) is 4.70. The van der Waals surface area contributed by atoms with Crippen LogP contribution < -0.4 is 5.32 Å². The molecule has 0 fully saturated rings. The maximum Gasteiger partial charge on any atom is 1.00 e. The first kappa shape index (κ1) is 27.3. The van der Waals surface area contributed by atoms with Gasteiger partial charge in [-0.2, -0.15) is 0 Å². The maximum absolute atomic E-state index is 11.6. The second-order valence-electron chi connectivity index (χ2n) is 6.37. The second kappa shape index (κ2) is 14.3. The van der Waals surface area contributed by atoms with E-state index >= 15 is 0 Å². The van der Waals surface area contributed by atoms with Crippen molar-refractivity contribution in [3.63, 3.8) is 0 Å². The van der Waals surface area contributed by atoms with Crippen molar-refractivity contribution in [2.24, 2.45) is 0 Å². The summed E-state index contributed by atoms with van der Waals surface area (Å²) in [5, 5.41) is 20.7. The van der Waals surface area contributed by atoms with E-state index in [2.05, 4.69) is 54.4 Å². The number of aromatic nitrogens is 3. The van der Waals surface area contributed by atoms with Gasteiger partial charge in [-0.15, -0.1) is 5.21 Å². The van der Waals surface area contributed by atoms with Crippen molar-refractivity contribution in [1.29, 1.82) is 0 Å². The minimum absolute atomic E-state index is 0. The fraction of sp³-hybridized carbons (Fsp3) is 0.474. The number of ether oxygens (including phenoxy) is 1. The largest absolute Gasteiger partial charge is 1.00 e. The van der Waals surface area contributed by atoms with Crippen LogP contribution in [0.5, 0.6) is 0 Å². The van der Waals surface area contributed by atoms with Crippen LogP contribution in [0.4, 0.5) is 4.79 Å². The first-order valence-electron chi connectivity index (χ1n) is 9.17. The quantitative estimate of drug-likeness (QED) is 0.242. The number of alkyl carbamates (subject to hydrolysis) is 1. The monoisotopic (exact) mass is 605 g/mol. The fourth-order valence-corrected chi connectivity index (χ4v) is 3.50. The van der Waals surface area contributed by atoms with Gasteiger partial charge < -0.3 is 26.5 Å². The molecule has 1 atom stereocenters. The summed E-state index contributed by atoms with van der Waals surface area (Å²) >= 11 is 0. The Bertz CT molecular complexity index is 704. The van der Waals surface area contributed by atoms with E-state index < -0.39 is 25.4 Å². The smallest absolute Gasteiger partial charge is 0.479 e. The summed E-state index contributed by atoms with van der Waals surface area (Å²) in [4.78, 5) is 22.7. The summed E-state index contributed by atoms with van der Waals surface area (Å²) in [5.41, 5.74) is 0.832. The van der Waals surface area contributed by atoms with Gasteiger partial charge in [-0.05, 0) is 26.3 Å². The number of aromatic amines is 1. The number of rotatable bonds is 8. The van der Waals surface area contributed by atoms with Crippen LogP contribution in [-0.2, 0) is 38.5 Å². The number of hydrogen-bond donors (Lipinski definition) is 3. The van der Waals surface area contributed by atoms with Crippen molar-refractivity contribution in [3.8, 4) is 0 Å². The third-order valence-corrected chi connectivity index (χ3v) is 9.28. The Morgan fingerprint density at radius 3 is 2.21 bits per heavy atom. The summed E-state index contributed by atoms with van der Waals surface area (Å²) in [6, 6.07) is 7.15. The number of carboxylic acid groups (broad SMARTS) is 1. The Hall–Kier alpha value is -1.73. The molecule has 164 valence electrons. The summed E-state index contributed by atoms with van der Waals surface area (Å²) in [6.07, 6.45) is 5.90. The zero-order valence-corrected chi connectivity index (χ0v) is 20.2. The van der Waals surface area contributed by atoms with E-state index in [1.165, 1.54) is 18.5 Å². The van der Waals surface area contributed by atoms with Crippen LogP contribution in [0.2, 0.25) is 0 Å². The van der Waals surface area contributed by atoms with Gasteiger partial charge in [0.15, 0.2) is 6.04 Å². The zero-order valence-electron chi connectivity index (χ0n) is 17.1. The summed E-state index contributed by atoms with van der Waals surface area (Å²) in [6.45, 7) is 9.30. The van der Waals surface area contributed by atoms with E-state index in [9.17, 15) is 9.59 Å². The number of aliphatic carboxylic acids is 1. The minimum atomic E-state index is -1.18. The summed E-state index contributed by atoms with van der Waals surface area (Å²) in [5.74, 6) is -1.18. The molecule has 0 radical (unpaired) electrons. The molecule has 0 aliphatic heterocycles. The van der Waals surface area contributed by atoms with E-state index in [-0.39, 0.29) is 29.0 Å². The first-order valence-corrected chi connectivity index (χ1v) is 12.0. The maximum atomic E-state index is 11.6. The molecule has 1 amide bonds.